The molecule has 0 spiro atoms. The molecule has 0 bridgehead atoms. The highest BCUT2D eigenvalue weighted by Gasteiger charge is 2.29. The number of H-pyrrole nitrogens is 1. The molecule has 2 aromatic carbocycles. The summed E-state index contributed by atoms with van der Waals surface area (Å²) >= 11 is 1.34. The van der Waals surface area contributed by atoms with Gasteiger partial charge in [-0.15, -0.1) is 11.3 Å². The second kappa shape index (κ2) is 9.16. The Morgan fingerprint density at radius 1 is 0.939 bits per heavy atom. The van der Waals surface area contributed by atoms with E-state index < -0.39 is 0 Å². The first-order valence-corrected chi connectivity index (χ1v) is 11.3. The van der Waals surface area contributed by atoms with Crippen LogP contribution in [0, 0.1) is 11.6 Å². The Kier molecular flexibility index (Phi) is 5.93. The number of nitrogens with zero attached hydrogens (tertiary/aromatic N) is 5. The van der Waals surface area contributed by atoms with Crippen LogP contribution in [0.25, 0.3) is 10.8 Å². The monoisotopic (exact) mass is 466 g/mol. The summed E-state index contributed by atoms with van der Waals surface area (Å²) in [4.78, 5) is 25.5. The fourth-order valence-electron chi connectivity index (χ4n) is 4.04. The van der Waals surface area contributed by atoms with Gasteiger partial charge in [0, 0.05) is 31.6 Å². The number of piperazine rings is 1. The van der Waals surface area contributed by atoms with Crippen molar-refractivity contribution in [1.82, 2.24) is 30.0 Å². The van der Waals surface area contributed by atoms with Crippen molar-refractivity contribution in [3.63, 3.8) is 0 Å². The van der Waals surface area contributed by atoms with E-state index in [0.717, 1.165) is 11.1 Å². The van der Waals surface area contributed by atoms with Crippen LogP contribution in [0.2, 0.25) is 0 Å². The summed E-state index contributed by atoms with van der Waals surface area (Å²) < 4.78 is 27.0. The van der Waals surface area contributed by atoms with Gasteiger partial charge in [0.1, 0.15) is 23.7 Å². The predicted octanol–water partition coefficient (Wildman–Crippen LogP) is 3.75. The van der Waals surface area contributed by atoms with Crippen LogP contribution in [-0.2, 0) is 0 Å². The molecule has 0 radical (unpaired) electrons. The van der Waals surface area contributed by atoms with E-state index >= 15 is 0 Å². The summed E-state index contributed by atoms with van der Waals surface area (Å²) in [6, 6.07) is 12.6. The van der Waals surface area contributed by atoms with Crippen LogP contribution in [-0.4, -0.2) is 62.1 Å². The van der Waals surface area contributed by atoms with E-state index in [1.807, 2.05) is 0 Å². The van der Waals surface area contributed by atoms with Crippen molar-refractivity contribution >= 4 is 17.2 Å². The van der Waals surface area contributed by atoms with Crippen LogP contribution >= 0.6 is 11.3 Å². The molecule has 10 heteroatoms. The first-order valence-electron chi connectivity index (χ1n) is 10.4. The summed E-state index contributed by atoms with van der Waals surface area (Å²) in [6.45, 7) is 2.27. The average Bonchev–Trinajstić information content (AvgIpc) is 3.54. The SMILES string of the molecule is O=C(c1csc(-c2ncn[nH]2)n1)N1CCN(C(c2ccc(F)cc2)c2ccc(F)cc2)CC1. The highest BCUT2D eigenvalue weighted by Crippen LogP contribution is 2.30. The van der Waals surface area contributed by atoms with Gasteiger partial charge in [-0.3, -0.25) is 14.8 Å². The van der Waals surface area contributed by atoms with E-state index in [-0.39, 0.29) is 23.6 Å². The van der Waals surface area contributed by atoms with E-state index in [0.29, 0.717) is 42.7 Å². The van der Waals surface area contributed by atoms with E-state index in [9.17, 15) is 13.6 Å². The molecule has 0 unspecified atom stereocenters. The summed E-state index contributed by atoms with van der Waals surface area (Å²) in [5, 5.41) is 8.91. The zero-order chi connectivity index (χ0) is 22.8. The smallest absolute Gasteiger partial charge is 0.273 e. The zero-order valence-corrected chi connectivity index (χ0v) is 18.3. The van der Waals surface area contributed by atoms with E-state index in [1.165, 1.54) is 41.9 Å². The highest BCUT2D eigenvalue weighted by molar-refractivity contribution is 7.13. The lowest BCUT2D eigenvalue weighted by Gasteiger charge is -2.39. The van der Waals surface area contributed by atoms with Crippen molar-refractivity contribution in [1.29, 1.82) is 0 Å². The molecule has 1 aliphatic heterocycles. The maximum atomic E-state index is 13.5. The van der Waals surface area contributed by atoms with Crippen molar-refractivity contribution in [2.24, 2.45) is 0 Å². The van der Waals surface area contributed by atoms with E-state index in [2.05, 4.69) is 25.1 Å². The van der Waals surface area contributed by atoms with E-state index in [4.69, 9.17) is 0 Å². The average molecular weight is 467 g/mol. The standard InChI is InChI=1S/C23H20F2N6OS/c24-17-5-1-15(2-6-17)20(16-3-7-18(25)8-4-16)30-9-11-31(12-10-30)23(32)19-13-33-22(28-19)21-26-14-27-29-21/h1-8,13-14,20H,9-12H2,(H,26,27,29). The molecule has 2 aromatic heterocycles. The third-order valence-corrected chi connectivity index (χ3v) is 6.53. The first-order chi connectivity index (χ1) is 16.1. The maximum absolute atomic E-state index is 13.5. The fraction of sp³-hybridized carbons (Fsp3) is 0.217. The summed E-state index contributed by atoms with van der Waals surface area (Å²) in [5.74, 6) is -0.206. The molecule has 0 saturated carbocycles. The van der Waals surface area contributed by atoms with Gasteiger partial charge in [0.05, 0.1) is 6.04 Å². The Morgan fingerprint density at radius 2 is 1.55 bits per heavy atom. The molecule has 0 atom stereocenters. The largest absolute Gasteiger partial charge is 0.335 e. The van der Waals surface area contributed by atoms with Crippen molar-refractivity contribution in [2.45, 2.75) is 6.04 Å². The Balaban J connectivity index is 1.32. The fourth-order valence-corrected chi connectivity index (χ4v) is 4.78. The molecular formula is C23H20F2N6OS. The van der Waals surface area contributed by atoms with Crippen molar-refractivity contribution < 1.29 is 13.6 Å². The Morgan fingerprint density at radius 3 is 2.09 bits per heavy atom. The minimum Gasteiger partial charge on any atom is -0.335 e. The molecule has 1 fully saturated rings. The molecule has 3 heterocycles. The Labute approximate surface area is 192 Å². The third kappa shape index (κ3) is 4.53. The van der Waals surface area contributed by atoms with Crippen LogP contribution in [0.1, 0.15) is 27.7 Å². The number of aromatic nitrogens is 4. The van der Waals surface area contributed by atoms with Gasteiger partial charge in [-0.05, 0) is 35.4 Å². The molecule has 1 amide bonds. The summed E-state index contributed by atoms with van der Waals surface area (Å²) in [6.07, 6.45) is 1.40. The molecule has 1 N–H and O–H groups in total. The molecule has 1 saturated heterocycles. The van der Waals surface area contributed by atoms with Gasteiger partial charge in [0.15, 0.2) is 10.8 Å². The van der Waals surface area contributed by atoms with Crippen LogP contribution in [0.3, 0.4) is 0 Å². The van der Waals surface area contributed by atoms with Crippen molar-refractivity contribution in [3.8, 4) is 10.8 Å². The maximum Gasteiger partial charge on any atom is 0.273 e. The second-order valence-corrected chi connectivity index (χ2v) is 8.56. The number of amides is 1. The van der Waals surface area contributed by atoms with Crippen molar-refractivity contribution in [3.05, 3.63) is 88.7 Å². The van der Waals surface area contributed by atoms with Gasteiger partial charge >= 0.3 is 0 Å². The molecule has 33 heavy (non-hydrogen) atoms. The number of carbonyl (C=O) groups excluding carboxylic acids is 1. The number of rotatable bonds is 5. The number of hydrogen-bond acceptors (Lipinski definition) is 6. The van der Waals surface area contributed by atoms with Gasteiger partial charge in [-0.2, -0.15) is 5.10 Å². The van der Waals surface area contributed by atoms with Gasteiger partial charge in [-0.25, -0.2) is 18.7 Å². The second-order valence-electron chi connectivity index (χ2n) is 7.71. The number of nitrogens with one attached hydrogen (secondary N) is 1. The summed E-state index contributed by atoms with van der Waals surface area (Å²) in [5.41, 5.74) is 2.21. The van der Waals surface area contributed by atoms with Gasteiger partial charge in [0.2, 0.25) is 0 Å². The van der Waals surface area contributed by atoms with Gasteiger partial charge in [0.25, 0.3) is 5.91 Å². The molecule has 4 aromatic rings. The molecule has 168 valence electrons. The van der Waals surface area contributed by atoms with Gasteiger partial charge < -0.3 is 4.90 Å². The first kappa shape index (κ1) is 21.4. The lowest BCUT2D eigenvalue weighted by molar-refractivity contribution is 0.0592. The van der Waals surface area contributed by atoms with Crippen LogP contribution < -0.4 is 0 Å². The van der Waals surface area contributed by atoms with Crippen LogP contribution in [0.4, 0.5) is 8.78 Å². The molecule has 5 rings (SSSR count). The lowest BCUT2D eigenvalue weighted by atomic mass is 9.96. The quantitative estimate of drug-likeness (QED) is 0.485. The lowest BCUT2D eigenvalue weighted by Crippen LogP contribution is -2.50. The minimum absolute atomic E-state index is 0.128. The predicted molar refractivity (Wildman–Crippen MR) is 120 cm³/mol. The minimum atomic E-state index is -0.306. The Hall–Kier alpha value is -3.50. The van der Waals surface area contributed by atoms with E-state index in [1.54, 1.807) is 34.5 Å². The number of halogens is 2. The van der Waals surface area contributed by atoms with Gasteiger partial charge in [-0.1, -0.05) is 24.3 Å². The zero-order valence-electron chi connectivity index (χ0n) is 17.5. The van der Waals surface area contributed by atoms with Crippen LogP contribution in [0.5, 0.6) is 0 Å². The molecular weight excluding hydrogens is 446 g/mol. The number of thiazole rings is 1. The Bertz CT molecular complexity index is 1170. The highest BCUT2D eigenvalue weighted by atomic mass is 32.1. The molecule has 7 nitrogen and oxygen atoms in total. The molecule has 1 aliphatic rings. The number of carbonyl (C=O) groups is 1. The molecule has 0 aliphatic carbocycles. The summed E-state index contributed by atoms with van der Waals surface area (Å²) in [7, 11) is 0. The van der Waals surface area contributed by atoms with Crippen molar-refractivity contribution in [2.75, 3.05) is 26.2 Å². The number of hydrogen-bond donors (Lipinski definition) is 1. The third-order valence-electron chi connectivity index (χ3n) is 5.68. The normalized spacial score (nSPS) is 14.7. The number of aromatic amines is 1. The topological polar surface area (TPSA) is 78.0 Å². The van der Waals surface area contributed by atoms with Crippen LogP contribution in [0.15, 0.2) is 60.2 Å². The number of benzene rings is 2.